The van der Waals surface area contributed by atoms with Crippen LogP contribution in [0.1, 0.15) is 11.7 Å². The highest BCUT2D eigenvalue weighted by atomic mass is 16.5. The summed E-state index contributed by atoms with van der Waals surface area (Å²) in [5.41, 5.74) is 1.96. The largest absolute Gasteiger partial charge is 0.464 e. The van der Waals surface area contributed by atoms with Gasteiger partial charge in [-0.25, -0.2) is 0 Å². The van der Waals surface area contributed by atoms with Crippen molar-refractivity contribution in [2.45, 2.75) is 6.10 Å². The van der Waals surface area contributed by atoms with Gasteiger partial charge in [-0.15, -0.1) is 0 Å². The van der Waals surface area contributed by atoms with Gasteiger partial charge in [-0.2, -0.15) is 0 Å². The molecule has 0 bridgehead atoms. The van der Waals surface area contributed by atoms with Crippen LogP contribution in [0.3, 0.4) is 0 Å². The second kappa shape index (κ2) is 3.64. The zero-order valence-corrected chi connectivity index (χ0v) is 8.27. The van der Waals surface area contributed by atoms with Crippen molar-refractivity contribution in [3.05, 3.63) is 30.3 Å². The molecule has 1 saturated heterocycles. The minimum absolute atomic E-state index is 0.0872. The molecule has 0 spiro atoms. The lowest BCUT2D eigenvalue weighted by molar-refractivity contribution is 0.0281. The summed E-state index contributed by atoms with van der Waals surface area (Å²) in [4.78, 5) is 4.10. The summed E-state index contributed by atoms with van der Waals surface area (Å²) < 4.78 is 11.1. The quantitative estimate of drug-likeness (QED) is 0.764. The van der Waals surface area contributed by atoms with Gasteiger partial charge in [0.15, 0.2) is 0 Å². The molecule has 4 nitrogen and oxygen atoms in total. The molecule has 1 aliphatic heterocycles. The molecule has 0 amide bonds. The summed E-state index contributed by atoms with van der Waals surface area (Å²) in [5, 5.41) is 4.35. The fourth-order valence-electron chi connectivity index (χ4n) is 1.91. The van der Waals surface area contributed by atoms with Crippen LogP contribution >= 0.6 is 0 Å². The fourth-order valence-corrected chi connectivity index (χ4v) is 1.91. The summed E-state index contributed by atoms with van der Waals surface area (Å²) in [7, 11) is 0. The summed E-state index contributed by atoms with van der Waals surface area (Å²) in [6.07, 6.45) is 5.41. The molecule has 2 aromatic rings. The molecule has 1 fully saturated rings. The van der Waals surface area contributed by atoms with Crippen LogP contribution in [0.5, 0.6) is 0 Å². The Bertz CT molecular complexity index is 460. The fraction of sp³-hybridized carbons (Fsp3) is 0.364. The van der Waals surface area contributed by atoms with E-state index in [1.807, 2.05) is 12.3 Å². The molecule has 0 radical (unpaired) electrons. The monoisotopic (exact) mass is 204 g/mol. The van der Waals surface area contributed by atoms with Gasteiger partial charge in [-0.3, -0.25) is 4.98 Å². The number of fused-ring (bicyclic) bond motifs is 1. The zero-order valence-electron chi connectivity index (χ0n) is 8.27. The van der Waals surface area contributed by atoms with Crippen molar-refractivity contribution in [1.82, 2.24) is 10.3 Å². The molecule has 4 heteroatoms. The molecule has 78 valence electrons. The molecule has 1 aliphatic rings. The van der Waals surface area contributed by atoms with Crippen LogP contribution < -0.4 is 5.32 Å². The van der Waals surface area contributed by atoms with E-state index in [-0.39, 0.29) is 6.10 Å². The molecule has 3 rings (SSSR count). The maximum atomic E-state index is 5.68. The second-order valence-electron chi connectivity index (χ2n) is 3.63. The first-order chi connectivity index (χ1) is 7.45. The van der Waals surface area contributed by atoms with Crippen molar-refractivity contribution in [2.75, 3.05) is 19.7 Å². The third-order valence-electron chi connectivity index (χ3n) is 2.68. The van der Waals surface area contributed by atoms with E-state index >= 15 is 0 Å². The molecule has 0 saturated carbocycles. The van der Waals surface area contributed by atoms with Crippen LogP contribution in [-0.2, 0) is 4.74 Å². The second-order valence-corrected chi connectivity index (χ2v) is 3.63. The summed E-state index contributed by atoms with van der Waals surface area (Å²) in [5.74, 6) is 0. The van der Waals surface area contributed by atoms with Crippen LogP contribution in [-0.4, -0.2) is 24.7 Å². The number of nitrogens with zero attached hydrogens (tertiary/aromatic N) is 1. The number of nitrogens with one attached hydrogen (secondary N) is 1. The van der Waals surface area contributed by atoms with E-state index in [0.29, 0.717) is 0 Å². The predicted octanol–water partition coefficient (Wildman–Crippen LogP) is 1.49. The van der Waals surface area contributed by atoms with E-state index in [1.165, 1.54) is 0 Å². The van der Waals surface area contributed by atoms with Crippen LogP contribution in [0.2, 0.25) is 0 Å². The van der Waals surface area contributed by atoms with Gasteiger partial charge in [0.25, 0.3) is 0 Å². The van der Waals surface area contributed by atoms with Crippen molar-refractivity contribution >= 4 is 11.0 Å². The molecule has 3 heterocycles. The number of morpholine rings is 1. The van der Waals surface area contributed by atoms with Crippen molar-refractivity contribution < 1.29 is 9.15 Å². The third-order valence-corrected chi connectivity index (χ3v) is 2.68. The molecule has 2 aromatic heterocycles. The third kappa shape index (κ3) is 1.52. The first-order valence-corrected chi connectivity index (χ1v) is 5.08. The summed E-state index contributed by atoms with van der Waals surface area (Å²) in [6, 6.07) is 1.87. The Morgan fingerprint density at radius 1 is 1.47 bits per heavy atom. The molecular formula is C11H12N2O2. The maximum absolute atomic E-state index is 5.68. The predicted molar refractivity (Wildman–Crippen MR) is 55.6 cm³/mol. The highest BCUT2D eigenvalue weighted by Gasteiger charge is 2.19. The Morgan fingerprint density at radius 2 is 2.47 bits per heavy atom. The molecule has 1 N–H and O–H groups in total. The van der Waals surface area contributed by atoms with E-state index in [0.717, 1.165) is 36.2 Å². The molecule has 0 aliphatic carbocycles. The van der Waals surface area contributed by atoms with Crippen LogP contribution in [0.15, 0.2) is 29.1 Å². The normalized spacial score (nSPS) is 22.0. The Labute approximate surface area is 87.2 Å². The van der Waals surface area contributed by atoms with Gasteiger partial charge in [0.1, 0.15) is 5.58 Å². The van der Waals surface area contributed by atoms with E-state index in [4.69, 9.17) is 9.15 Å². The Kier molecular flexibility index (Phi) is 2.16. The van der Waals surface area contributed by atoms with Crippen LogP contribution in [0.25, 0.3) is 11.0 Å². The summed E-state index contributed by atoms with van der Waals surface area (Å²) in [6.45, 7) is 2.51. The molecule has 15 heavy (non-hydrogen) atoms. The van der Waals surface area contributed by atoms with Gasteiger partial charge in [0, 0.05) is 36.4 Å². The average molecular weight is 204 g/mol. The van der Waals surface area contributed by atoms with E-state index in [9.17, 15) is 0 Å². The van der Waals surface area contributed by atoms with Crippen molar-refractivity contribution in [3.63, 3.8) is 0 Å². The van der Waals surface area contributed by atoms with Gasteiger partial charge in [-0.1, -0.05) is 0 Å². The van der Waals surface area contributed by atoms with Crippen LogP contribution in [0, 0.1) is 0 Å². The minimum Gasteiger partial charge on any atom is -0.464 e. The van der Waals surface area contributed by atoms with Crippen molar-refractivity contribution in [2.24, 2.45) is 0 Å². The Balaban J connectivity index is 2.02. The highest BCUT2D eigenvalue weighted by molar-refractivity contribution is 5.80. The number of rotatable bonds is 1. The maximum Gasteiger partial charge on any atom is 0.137 e. The van der Waals surface area contributed by atoms with Crippen LogP contribution in [0.4, 0.5) is 0 Å². The van der Waals surface area contributed by atoms with E-state index < -0.39 is 0 Å². The zero-order chi connectivity index (χ0) is 10.1. The lowest BCUT2D eigenvalue weighted by Crippen LogP contribution is -2.33. The van der Waals surface area contributed by atoms with Gasteiger partial charge < -0.3 is 14.5 Å². The highest BCUT2D eigenvalue weighted by Crippen LogP contribution is 2.28. The van der Waals surface area contributed by atoms with E-state index in [1.54, 1.807) is 12.5 Å². The van der Waals surface area contributed by atoms with Crippen molar-refractivity contribution in [3.8, 4) is 0 Å². The molecule has 0 aromatic carbocycles. The number of ether oxygens (including phenoxy) is 1. The standard InChI is InChI=1S/C11H12N2O2/c1-2-12-5-8-9(7-15-10(1)8)11-6-13-3-4-14-11/h1-2,5,7,11,13H,3-4,6H2. The van der Waals surface area contributed by atoms with Gasteiger partial charge in [0.05, 0.1) is 19.0 Å². The Hall–Kier alpha value is -1.39. The average Bonchev–Trinajstić information content (AvgIpc) is 2.74. The molecule has 1 atom stereocenters. The minimum atomic E-state index is 0.0872. The van der Waals surface area contributed by atoms with Gasteiger partial charge >= 0.3 is 0 Å². The lowest BCUT2D eigenvalue weighted by atomic mass is 10.1. The number of hydrogen-bond acceptors (Lipinski definition) is 4. The number of hydrogen-bond donors (Lipinski definition) is 1. The lowest BCUT2D eigenvalue weighted by Gasteiger charge is -2.22. The number of furan rings is 1. The van der Waals surface area contributed by atoms with Gasteiger partial charge in [-0.05, 0) is 6.07 Å². The van der Waals surface area contributed by atoms with Gasteiger partial charge in [0.2, 0.25) is 0 Å². The first kappa shape index (κ1) is 8.88. The molecule has 1 unspecified atom stereocenters. The smallest absolute Gasteiger partial charge is 0.137 e. The van der Waals surface area contributed by atoms with E-state index in [2.05, 4.69) is 10.3 Å². The topological polar surface area (TPSA) is 47.3 Å². The first-order valence-electron chi connectivity index (χ1n) is 5.08. The number of aromatic nitrogens is 1. The van der Waals surface area contributed by atoms with Crippen molar-refractivity contribution in [1.29, 1.82) is 0 Å². The number of pyridine rings is 1. The summed E-state index contributed by atoms with van der Waals surface area (Å²) >= 11 is 0. The molecular weight excluding hydrogens is 192 g/mol. The Morgan fingerprint density at radius 3 is 3.33 bits per heavy atom. The SMILES string of the molecule is c1cc2occ(C3CNCCO3)c2cn1.